The van der Waals surface area contributed by atoms with Crippen molar-refractivity contribution in [2.75, 3.05) is 13.7 Å². The first-order chi connectivity index (χ1) is 9.50. The van der Waals surface area contributed by atoms with Gasteiger partial charge in [-0.2, -0.15) is 0 Å². The zero-order valence-electron chi connectivity index (χ0n) is 11.6. The fraction of sp³-hybridized carbons (Fsp3) is 0.417. The number of ether oxygens (including phenoxy) is 1. The number of sulfonamides is 1. The number of aromatic carboxylic acids is 1. The first-order valence-electron chi connectivity index (χ1n) is 5.75. The average Bonchev–Trinajstić information content (AvgIpc) is 2.25. The van der Waals surface area contributed by atoms with E-state index in [0.29, 0.717) is 0 Å². The van der Waals surface area contributed by atoms with Crippen molar-refractivity contribution < 1.29 is 23.1 Å². The molecule has 0 saturated carbocycles. The van der Waals surface area contributed by atoms with Crippen LogP contribution < -0.4 is 4.72 Å². The van der Waals surface area contributed by atoms with Gasteiger partial charge in [-0.05, 0) is 26.0 Å². The van der Waals surface area contributed by atoms with Crippen molar-refractivity contribution in [3.05, 3.63) is 27.7 Å². The Hall–Kier alpha value is -0.860. The third-order valence-electron chi connectivity index (χ3n) is 2.46. The van der Waals surface area contributed by atoms with Crippen LogP contribution in [0.25, 0.3) is 0 Å². The second-order valence-electron chi connectivity index (χ2n) is 4.99. The summed E-state index contributed by atoms with van der Waals surface area (Å²) in [7, 11) is -2.59. The SMILES string of the molecule is COCC(C)(C)NS(=O)(=O)c1cc(C(=O)O)c(Cl)cc1Cl. The average molecular weight is 356 g/mol. The molecular formula is C12H15Cl2NO5S. The summed E-state index contributed by atoms with van der Waals surface area (Å²) in [6.07, 6.45) is 0. The maximum atomic E-state index is 12.3. The molecule has 118 valence electrons. The summed E-state index contributed by atoms with van der Waals surface area (Å²) >= 11 is 11.6. The van der Waals surface area contributed by atoms with Crippen molar-refractivity contribution in [3.8, 4) is 0 Å². The molecule has 0 radical (unpaired) electrons. The monoisotopic (exact) mass is 355 g/mol. The molecule has 9 heteroatoms. The van der Waals surface area contributed by atoms with Crippen molar-refractivity contribution >= 4 is 39.2 Å². The van der Waals surface area contributed by atoms with Crippen molar-refractivity contribution in [1.29, 1.82) is 0 Å². The Labute approximate surface area is 133 Å². The minimum Gasteiger partial charge on any atom is -0.478 e. The molecule has 1 aromatic carbocycles. The zero-order chi connectivity index (χ0) is 16.4. The van der Waals surface area contributed by atoms with E-state index in [2.05, 4.69) is 4.72 Å². The van der Waals surface area contributed by atoms with Crippen molar-refractivity contribution in [2.24, 2.45) is 0 Å². The molecule has 0 bridgehead atoms. The van der Waals surface area contributed by atoms with Crippen molar-refractivity contribution in [3.63, 3.8) is 0 Å². The number of carboxylic acid groups (broad SMARTS) is 1. The highest BCUT2D eigenvalue weighted by Gasteiger charge is 2.29. The molecule has 1 rings (SSSR count). The van der Waals surface area contributed by atoms with Gasteiger partial charge in [0, 0.05) is 7.11 Å². The Kier molecular flexibility index (Phi) is 5.63. The predicted molar refractivity (Wildman–Crippen MR) is 79.7 cm³/mol. The molecular weight excluding hydrogens is 341 g/mol. The van der Waals surface area contributed by atoms with Gasteiger partial charge in [-0.1, -0.05) is 23.2 Å². The molecule has 0 amide bonds. The van der Waals surface area contributed by atoms with Crippen LogP contribution in [0.1, 0.15) is 24.2 Å². The van der Waals surface area contributed by atoms with Crippen LogP contribution in [0.5, 0.6) is 0 Å². The van der Waals surface area contributed by atoms with Crippen LogP contribution in [0.2, 0.25) is 10.0 Å². The minimum absolute atomic E-state index is 0.128. The maximum absolute atomic E-state index is 12.3. The molecule has 2 N–H and O–H groups in total. The van der Waals surface area contributed by atoms with Gasteiger partial charge >= 0.3 is 5.97 Å². The minimum atomic E-state index is -4.03. The quantitative estimate of drug-likeness (QED) is 0.817. The van der Waals surface area contributed by atoms with E-state index in [0.717, 1.165) is 12.1 Å². The summed E-state index contributed by atoms with van der Waals surface area (Å²) in [5.74, 6) is -1.34. The van der Waals surface area contributed by atoms with Crippen molar-refractivity contribution in [1.82, 2.24) is 4.72 Å². The molecule has 1 aromatic rings. The molecule has 0 spiro atoms. The Balaban J connectivity index is 3.32. The topological polar surface area (TPSA) is 92.7 Å². The van der Waals surface area contributed by atoms with E-state index in [1.54, 1.807) is 13.8 Å². The van der Waals surface area contributed by atoms with Crippen molar-refractivity contribution in [2.45, 2.75) is 24.3 Å². The lowest BCUT2D eigenvalue weighted by Crippen LogP contribution is -2.46. The maximum Gasteiger partial charge on any atom is 0.337 e. The number of hydrogen-bond acceptors (Lipinski definition) is 4. The molecule has 0 unspecified atom stereocenters. The number of benzene rings is 1. The van der Waals surface area contributed by atoms with Gasteiger partial charge in [0.2, 0.25) is 10.0 Å². The van der Waals surface area contributed by atoms with Gasteiger partial charge in [0.15, 0.2) is 0 Å². The van der Waals surface area contributed by atoms with Gasteiger partial charge in [-0.15, -0.1) is 0 Å². The van der Waals surface area contributed by atoms with E-state index < -0.39 is 21.5 Å². The molecule has 21 heavy (non-hydrogen) atoms. The molecule has 0 heterocycles. The third kappa shape index (κ3) is 4.55. The number of nitrogens with one attached hydrogen (secondary N) is 1. The summed E-state index contributed by atoms with van der Waals surface area (Å²) in [6.45, 7) is 3.37. The van der Waals surface area contributed by atoms with Gasteiger partial charge in [0.05, 0.1) is 27.8 Å². The molecule has 6 nitrogen and oxygen atoms in total. The van der Waals surface area contributed by atoms with E-state index >= 15 is 0 Å². The Morgan fingerprint density at radius 3 is 2.38 bits per heavy atom. The third-order valence-corrected chi connectivity index (χ3v) is 4.93. The van der Waals surface area contributed by atoms with Crippen LogP contribution in [-0.4, -0.2) is 38.7 Å². The number of carbonyl (C=O) groups is 1. The number of rotatable bonds is 6. The molecule has 0 aromatic heterocycles. The Bertz CT molecular complexity index is 658. The smallest absolute Gasteiger partial charge is 0.337 e. The predicted octanol–water partition coefficient (Wildman–Crippen LogP) is 2.39. The van der Waals surface area contributed by atoms with Gasteiger partial charge in [0.25, 0.3) is 0 Å². The van der Waals surface area contributed by atoms with E-state index in [1.165, 1.54) is 7.11 Å². The van der Waals surface area contributed by atoms with Crippen LogP contribution in [0.15, 0.2) is 17.0 Å². The standard InChI is InChI=1S/C12H15Cl2NO5S/c1-12(2,6-20-3)15-21(18,19)10-4-7(11(16)17)8(13)5-9(10)14/h4-5,15H,6H2,1-3H3,(H,16,17). The molecule has 0 saturated heterocycles. The number of halogens is 2. The second kappa shape index (κ2) is 6.50. The van der Waals surface area contributed by atoms with Crippen LogP contribution in [0.4, 0.5) is 0 Å². The van der Waals surface area contributed by atoms with Crippen LogP contribution in [0, 0.1) is 0 Å². The Morgan fingerprint density at radius 1 is 1.33 bits per heavy atom. The summed E-state index contributed by atoms with van der Waals surface area (Å²) in [5.41, 5.74) is -1.23. The Morgan fingerprint density at radius 2 is 1.90 bits per heavy atom. The summed E-state index contributed by atoms with van der Waals surface area (Å²) in [5, 5.41) is 8.70. The number of hydrogen-bond donors (Lipinski definition) is 2. The normalized spacial score (nSPS) is 12.4. The van der Waals surface area contributed by atoms with E-state index in [9.17, 15) is 13.2 Å². The highest BCUT2D eigenvalue weighted by atomic mass is 35.5. The van der Waals surface area contributed by atoms with E-state index in [-0.39, 0.29) is 27.1 Å². The summed E-state index contributed by atoms with van der Waals surface area (Å²) < 4.78 is 32.0. The highest BCUT2D eigenvalue weighted by Crippen LogP contribution is 2.29. The lowest BCUT2D eigenvalue weighted by atomic mass is 10.1. The molecule has 0 atom stereocenters. The molecule has 0 aliphatic carbocycles. The zero-order valence-corrected chi connectivity index (χ0v) is 13.9. The van der Waals surface area contributed by atoms with Crippen LogP contribution in [0.3, 0.4) is 0 Å². The van der Waals surface area contributed by atoms with Crippen LogP contribution >= 0.6 is 23.2 Å². The summed E-state index contributed by atoms with van der Waals surface area (Å²) in [4.78, 5) is 10.7. The van der Waals surface area contributed by atoms with Gasteiger partial charge in [0.1, 0.15) is 4.90 Å². The first kappa shape index (κ1) is 18.2. The molecule has 0 fully saturated rings. The highest BCUT2D eigenvalue weighted by molar-refractivity contribution is 7.89. The molecule has 0 aliphatic rings. The van der Waals surface area contributed by atoms with E-state index in [1.807, 2.05) is 0 Å². The largest absolute Gasteiger partial charge is 0.478 e. The van der Waals surface area contributed by atoms with Gasteiger partial charge in [-0.25, -0.2) is 17.9 Å². The lowest BCUT2D eigenvalue weighted by Gasteiger charge is -2.25. The van der Waals surface area contributed by atoms with E-state index in [4.69, 9.17) is 33.0 Å². The lowest BCUT2D eigenvalue weighted by molar-refractivity contribution is 0.0697. The number of methoxy groups -OCH3 is 1. The first-order valence-corrected chi connectivity index (χ1v) is 7.99. The molecule has 0 aliphatic heterocycles. The fourth-order valence-electron chi connectivity index (χ4n) is 1.71. The van der Waals surface area contributed by atoms with Gasteiger partial charge in [-0.3, -0.25) is 0 Å². The van der Waals surface area contributed by atoms with Gasteiger partial charge < -0.3 is 9.84 Å². The summed E-state index contributed by atoms with van der Waals surface area (Å²) in [6, 6.07) is 2.02. The second-order valence-corrected chi connectivity index (χ2v) is 7.46. The van der Waals surface area contributed by atoms with Crippen LogP contribution in [-0.2, 0) is 14.8 Å². The number of carboxylic acids is 1. The fourth-order valence-corrected chi connectivity index (χ4v) is 3.96.